The van der Waals surface area contributed by atoms with Gasteiger partial charge in [-0.15, -0.1) is 10.2 Å². The Morgan fingerprint density at radius 1 is 1.12 bits per heavy atom. The summed E-state index contributed by atoms with van der Waals surface area (Å²) in [6.45, 7) is 2.78. The molecule has 4 aromatic rings. The van der Waals surface area contributed by atoms with Crippen LogP contribution in [0.3, 0.4) is 0 Å². The summed E-state index contributed by atoms with van der Waals surface area (Å²) in [6, 6.07) is 7.64. The second kappa shape index (κ2) is 8.11. The third kappa shape index (κ3) is 3.42. The minimum absolute atomic E-state index is 0.342. The minimum atomic E-state index is 0.342. The Labute approximate surface area is 189 Å². The second-order valence-corrected chi connectivity index (χ2v) is 7.77. The van der Waals surface area contributed by atoms with Crippen LogP contribution in [0.2, 0.25) is 5.02 Å². The number of pyridine rings is 1. The van der Waals surface area contributed by atoms with E-state index in [1.165, 1.54) is 0 Å². The van der Waals surface area contributed by atoms with Gasteiger partial charge in [-0.2, -0.15) is 0 Å². The number of methoxy groups -OCH3 is 2. The van der Waals surface area contributed by atoms with Crippen molar-refractivity contribution in [3.63, 3.8) is 0 Å². The van der Waals surface area contributed by atoms with Gasteiger partial charge in [-0.05, 0) is 37.1 Å². The largest absolute Gasteiger partial charge is 0.481 e. The standard InChI is InChI=1S/C23H19ClN6O2/c1-14-8-15(10-25-23(14)32-3)4-6-18-20-11-29-21(12-31-2)27-28-22(29)17-9-16(24)5-7-19(17)30(20)13-26-18/h5,7-10,13H,11-12H2,1-3H3. The van der Waals surface area contributed by atoms with Crippen LogP contribution in [-0.4, -0.2) is 43.5 Å². The Kier molecular flexibility index (Phi) is 5.13. The lowest BCUT2D eigenvalue weighted by Crippen LogP contribution is -2.09. The summed E-state index contributed by atoms with van der Waals surface area (Å²) < 4.78 is 14.6. The molecule has 0 saturated heterocycles. The van der Waals surface area contributed by atoms with E-state index in [4.69, 9.17) is 21.1 Å². The minimum Gasteiger partial charge on any atom is -0.481 e. The van der Waals surface area contributed by atoms with E-state index in [0.717, 1.165) is 39.7 Å². The molecule has 4 heterocycles. The van der Waals surface area contributed by atoms with E-state index in [0.29, 0.717) is 29.7 Å². The zero-order chi connectivity index (χ0) is 22.2. The lowest BCUT2D eigenvalue weighted by molar-refractivity contribution is 0.174. The predicted octanol–water partition coefficient (Wildman–Crippen LogP) is 3.40. The van der Waals surface area contributed by atoms with Crippen LogP contribution in [0.5, 0.6) is 5.88 Å². The van der Waals surface area contributed by atoms with E-state index < -0.39 is 0 Å². The van der Waals surface area contributed by atoms with Gasteiger partial charge in [0.2, 0.25) is 5.88 Å². The van der Waals surface area contributed by atoms with E-state index >= 15 is 0 Å². The van der Waals surface area contributed by atoms with Crippen molar-refractivity contribution in [2.75, 3.05) is 14.2 Å². The number of nitrogens with zero attached hydrogens (tertiary/aromatic N) is 6. The Hall–Kier alpha value is -3.67. The van der Waals surface area contributed by atoms with Gasteiger partial charge in [0.05, 0.1) is 25.0 Å². The fourth-order valence-electron chi connectivity index (χ4n) is 3.80. The summed E-state index contributed by atoms with van der Waals surface area (Å²) in [6.07, 6.45) is 3.47. The summed E-state index contributed by atoms with van der Waals surface area (Å²) in [4.78, 5) is 8.89. The Balaban J connectivity index is 1.64. The molecule has 9 heteroatoms. The number of fused-ring (bicyclic) bond motifs is 5. The molecule has 1 aromatic carbocycles. The van der Waals surface area contributed by atoms with Crippen LogP contribution in [0.1, 0.15) is 28.3 Å². The number of rotatable bonds is 3. The van der Waals surface area contributed by atoms with E-state index in [1.54, 1.807) is 26.7 Å². The number of aryl methyl sites for hydroxylation is 1. The summed E-state index contributed by atoms with van der Waals surface area (Å²) in [5.41, 5.74) is 5.10. The van der Waals surface area contributed by atoms with Crippen molar-refractivity contribution in [1.82, 2.24) is 29.3 Å². The van der Waals surface area contributed by atoms with Gasteiger partial charge in [0.25, 0.3) is 0 Å². The lowest BCUT2D eigenvalue weighted by atomic mass is 10.1. The van der Waals surface area contributed by atoms with Crippen LogP contribution in [0.4, 0.5) is 0 Å². The van der Waals surface area contributed by atoms with Crippen LogP contribution in [-0.2, 0) is 17.9 Å². The van der Waals surface area contributed by atoms with Crippen LogP contribution >= 0.6 is 11.6 Å². The topological polar surface area (TPSA) is 79.9 Å². The molecule has 0 unspecified atom stereocenters. The average Bonchev–Trinajstić information content (AvgIpc) is 3.34. The number of hydrogen-bond donors (Lipinski definition) is 0. The first-order chi connectivity index (χ1) is 15.6. The van der Waals surface area contributed by atoms with Crippen molar-refractivity contribution in [2.24, 2.45) is 0 Å². The average molecular weight is 447 g/mol. The molecule has 0 amide bonds. The van der Waals surface area contributed by atoms with Crippen LogP contribution in [0, 0.1) is 18.8 Å². The van der Waals surface area contributed by atoms with E-state index in [9.17, 15) is 0 Å². The first kappa shape index (κ1) is 20.2. The summed E-state index contributed by atoms with van der Waals surface area (Å²) in [7, 11) is 3.23. The normalized spacial score (nSPS) is 11.6. The third-order valence-corrected chi connectivity index (χ3v) is 5.52. The molecule has 1 aliphatic heterocycles. The van der Waals surface area contributed by atoms with Crippen molar-refractivity contribution < 1.29 is 9.47 Å². The summed E-state index contributed by atoms with van der Waals surface area (Å²) >= 11 is 6.30. The van der Waals surface area contributed by atoms with Gasteiger partial charge in [0.1, 0.15) is 18.6 Å². The maximum atomic E-state index is 6.30. The lowest BCUT2D eigenvalue weighted by Gasteiger charge is -2.08. The number of imidazole rings is 1. The first-order valence-corrected chi connectivity index (χ1v) is 10.3. The molecule has 160 valence electrons. The molecule has 8 nitrogen and oxygen atoms in total. The molecule has 0 radical (unpaired) electrons. The van der Waals surface area contributed by atoms with Crippen molar-refractivity contribution in [3.05, 3.63) is 70.2 Å². The maximum absolute atomic E-state index is 6.30. The first-order valence-electron chi connectivity index (χ1n) is 9.89. The number of aromatic nitrogens is 6. The monoisotopic (exact) mass is 446 g/mol. The van der Waals surface area contributed by atoms with Crippen molar-refractivity contribution in [2.45, 2.75) is 20.1 Å². The molecule has 32 heavy (non-hydrogen) atoms. The summed E-state index contributed by atoms with van der Waals surface area (Å²) in [5, 5.41) is 9.36. The highest BCUT2D eigenvalue weighted by atomic mass is 35.5. The fraction of sp³-hybridized carbons (Fsp3) is 0.217. The number of ether oxygens (including phenoxy) is 2. The molecule has 1 aliphatic rings. The number of hydrogen-bond acceptors (Lipinski definition) is 6. The van der Waals surface area contributed by atoms with Crippen molar-refractivity contribution in [3.8, 4) is 34.8 Å². The quantitative estimate of drug-likeness (QED) is 0.395. The Bertz CT molecular complexity index is 1400. The Morgan fingerprint density at radius 2 is 2.00 bits per heavy atom. The molecular formula is C23H19ClN6O2. The van der Waals surface area contributed by atoms with Gasteiger partial charge in [-0.25, -0.2) is 9.97 Å². The highest BCUT2D eigenvalue weighted by Gasteiger charge is 2.25. The molecule has 0 aliphatic carbocycles. The van der Waals surface area contributed by atoms with Crippen LogP contribution < -0.4 is 4.74 Å². The number of halogens is 1. The van der Waals surface area contributed by atoms with Crippen molar-refractivity contribution in [1.29, 1.82) is 0 Å². The molecule has 5 rings (SSSR count). The zero-order valence-corrected chi connectivity index (χ0v) is 18.5. The smallest absolute Gasteiger partial charge is 0.215 e. The predicted molar refractivity (Wildman–Crippen MR) is 119 cm³/mol. The maximum Gasteiger partial charge on any atom is 0.215 e. The van der Waals surface area contributed by atoms with E-state index in [1.807, 2.05) is 40.3 Å². The summed E-state index contributed by atoms with van der Waals surface area (Å²) in [5.74, 6) is 8.41. The van der Waals surface area contributed by atoms with Crippen LogP contribution in [0.15, 0.2) is 36.8 Å². The van der Waals surface area contributed by atoms with E-state index in [-0.39, 0.29) is 0 Å². The highest BCUT2D eigenvalue weighted by Crippen LogP contribution is 2.34. The van der Waals surface area contributed by atoms with Gasteiger partial charge in [-0.1, -0.05) is 17.5 Å². The molecule has 0 saturated carbocycles. The molecule has 0 spiro atoms. The van der Waals surface area contributed by atoms with Gasteiger partial charge < -0.3 is 14.0 Å². The second-order valence-electron chi connectivity index (χ2n) is 7.33. The number of benzene rings is 1. The van der Waals surface area contributed by atoms with Gasteiger partial charge in [0, 0.05) is 35.0 Å². The third-order valence-electron chi connectivity index (χ3n) is 5.28. The molecular weight excluding hydrogens is 428 g/mol. The van der Waals surface area contributed by atoms with E-state index in [2.05, 4.69) is 32.0 Å². The Morgan fingerprint density at radius 3 is 2.78 bits per heavy atom. The molecule has 3 aromatic heterocycles. The molecule has 0 N–H and O–H groups in total. The van der Waals surface area contributed by atoms with Gasteiger partial charge >= 0.3 is 0 Å². The fourth-order valence-corrected chi connectivity index (χ4v) is 3.97. The molecule has 0 atom stereocenters. The van der Waals surface area contributed by atoms with Crippen molar-refractivity contribution >= 4 is 11.6 Å². The highest BCUT2D eigenvalue weighted by molar-refractivity contribution is 6.31. The molecule has 0 fully saturated rings. The van der Waals surface area contributed by atoms with Crippen LogP contribution in [0.25, 0.3) is 17.1 Å². The zero-order valence-electron chi connectivity index (χ0n) is 17.8. The van der Waals surface area contributed by atoms with Gasteiger partial charge in [-0.3, -0.25) is 4.57 Å². The van der Waals surface area contributed by atoms with Gasteiger partial charge in [0.15, 0.2) is 11.6 Å². The SMILES string of the molecule is COCc1nnc2n1Cc1c(C#Cc3cnc(OC)c(C)c3)ncn1-c1ccc(Cl)cc1-2. The molecule has 0 bridgehead atoms.